The Morgan fingerprint density at radius 1 is 1.12 bits per heavy atom. The molecule has 0 spiro atoms. The molecule has 3 fully saturated rings. The summed E-state index contributed by atoms with van der Waals surface area (Å²) in [4.78, 5) is 14.0. The zero-order chi connectivity index (χ0) is 25.3. The summed E-state index contributed by atoms with van der Waals surface area (Å²) >= 11 is 0. The smallest absolute Gasteiger partial charge is 0.146 e. The van der Waals surface area contributed by atoms with Crippen LogP contribution in [-0.2, 0) is 4.79 Å². The predicted molar refractivity (Wildman–Crippen MR) is 136 cm³/mol. The molecule has 0 aromatic rings. The van der Waals surface area contributed by atoms with Crippen molar-refractivity contribution < 1.29 is 20.1 Å². The molecule has 3 N–H and O–H groups in total. The van der Waals surface area contributed by atoms with Gasteiger partial charge in [-0.25, -0.2) is 0 Å². The zero-order valence-electron chi connectivity index (χ0n) is 22.7. The van der Waals surface area contributed by atoms with Gasteiger partial charge in [-0.05, 0) is 106 Å². The highest BCUT2D eigenvalue weighted by Gasteiger charge is 2.66. The van der Waals surface area contributed by atoms with Crippen molar-refractivity contribution in [2.24, 2.45) is 51.8 Å². The van der Waals surface area contributed by atoms with Gasteiger partial charge in [0.1, 0.15) is 5.78 Å². The van der Waals surface area contributed by atoms with Crippen LogP contribution >= 0.6 is 0 Å². The van der Waals surface area contributed by atoms with Gasteiger partial charge in [-0.15, -0.1) is 0 Å². The minimum Gasteiger partial charge on any atom is -0.396 e. The van der Waals surface area contributed by atoms with E-state index in [1.54, 1.807) is 0 Å². The molecule has 4 nitrogen and oxygen atoms in total. The maximum atomic E-state index is 14.0. The summed E-state index contributed by atoms with van der Waals surface area (Å²) in [6.45, 7) is 15.5. The highest BCUT2D eigenvalue weighted by Crippen LogP contribution is 2.69. The second-order valence-electron chi connectivity index (χ2n) is 13.8. The highest BCUT2D eigenvalue weighted by atomic mass is 16.3. The number of carbonyl (C=O) groups excluding carboxylic acids is 1. The Balaban J connectivity index is 1.58. The molecule has 10 atom stereocenters. The van der Waals surface area contributed by atoms with Gasteiger partial charge in [0.2, 0.25) is 0 Å². The molecule has 4 rings (SSSR count). The first kappa shape index (κ1) is 26.4. The third-order valence-electron chi connectivity index (χ3n) is 12.1. The fourth-order valence-electron chi connectivity index (χ4n) is 9.03. The van der Waals surface area contributed by atoms with Crippen LogP contribution in [0.3, 0.4) is 0 Å². The van der Waals surface area contributed by atoms with E-state index in [0.29, 0.717) is 36.4 Å². The third kappa shape index (κ3) is 3.77. The molecule has 4 aliphatic rings. The van der Waals surface area contributed by atoms with Gasteiger partial charge < -0.3 is 15.3 Å². The van der Waals surface area contributed by atoms with Gasteiger partial charge in [-0.1, -0.05) is 46.3 Å². The fraction of sp³-hybridized carbons (Fsp3) is 0.900. The predicted octanol–water partition coefficient (Wildman–Crippen LogP) is 5.54. The van der Waals surface area contributed by atoms with Crippen LogP contribution in [0.1, 0.15) is 99.8 Å². The molecule has 4 aliphatic carbocycles. The Labute approximate surface area is 207 Å². The van der Waals surface area contributed by atoms with Crippen molar-refractivity contribution in [3.8, 4) is 0 Å². The number of allylic oxidation sites excluding steroid dienone is 1. The first-order chi connectivity index (χ1) is 15.7. The SMILES string of the molecule is CC(C)[C@](C)(O)[C@@]1(C)CC1[C@@H](C)C1CCC(C2CC=C3C[C@@H](O)CC[C@]3(C)C2=O)[C@]1(C)CCO. The van der Waals surface area contributed by atoms with Gasteiger partial charge in [0.05, 0.1) is 11.7 Å². The zero-order valence-corrected chi connectivity index (χ0v) is 22.7. The van der Waals surface area contributed by atoms with Gasteiger partial charge in [0.25, 0.3) is 0 Å². The molecule has 0 aromatic heterocycles. The lowest BCUT2D eigenvalue weighted by atomic mass is 9.55. The van der Waals surface area contributed by atoms with Crippen molar-refractivity contribution in [3.05, 3.63) is 11.6 Å². The van der Waals surface area contributed by atoms with E-state index in [9.17, 15) is 20.1 Å². The minimum atomic E-state index is -0.683. The van der Waals surface area contributed by atoms with Crippen LogP contribution in [0.25, 0.3) is 0 Å². The number of aliphatic hydroxyl groups is 3. The summed E-state index contributed by atoms with van der Waals surface area (Å²) < 4.78 is 0. The molecule has 0 bridgehead atoms. The molecule has 3 saturated carbocycles. The molecule has 0 aliphatic heterocycles. The third-order valence-corrected chi connectivity index (χ3v) is 12.1. The molecule has 0 saturated heterocycles. The second kappa shape index (κ2) is 8.70. The molecule has 4 heteroatoms. The Morgan fingerprint density at radius 2 is 1.79 bits per heavy atom. The summed E-state index contributed by atoms with van der Waals surface area (Å²) in [7, 11) is 0. The van der Waals surface area contributed by atoms with E-state index in [2.05, 4.69) is 47.6 Å². The number of hydrogen-bond donors (Lipinski definition) is 3. The molecular formula is C30H50O4. The van der Waals surface area contributed by atoms with E-state index < -0.39 is 11.0 Å². The lowest BCUT2D eigenvalue weighted by Gasteiger charge is -2.48. The van der Waals surface area contributed by atoms with Gasteiger partial charge in [0, 0.05) is 17.9 Å². The fourth-order valence-corrected chi connectivity index (χ4v) is 9.03. The number of Topliss-reactive ketones (excluding diaryl/α,β-unsaturated/α-hetero) is 1. The average Bonchev–Trinajstić information content (AvgIpc) is 3.36. The second-order valence-corrected chi connectivity index (χ2v) is 13.8. The number of aliphatic hydroxyl groups excluding tert-OH is 2. The normalized spacial score (nSPS) is 47.2. The van der Waals surface area contributed by atoms with E-state index in [0.717, 1.165) is 44.1 Å². The quantitative estimate of drug-likeness (QED) is 0.424. The Bertz CT molecular complexity index is 830. The standard InChI is InChI=1S/C30H50O4/c1-18(2)30(7,34)29(6)17-25(29)19(3)23-10-11-24(28(23,5)14-15-31)22-9-8-20-16-21(32)12-13-27(20,4)26(22)33/h8,18-19,21-25,31-32,34H,9-17H2,1-7H3/t19-,21-,22?,23?,24?,25?,27-,28+,29-,30-/m0/s1. The number of hydrogen-bond acceptors (Lipinski definition) is 4. The number of ketones is 1. The first-order valence-corrected chi connectivity index (χ1v) is 14.0. The van der Waals surface area contributed by atoms with Crippen LogP contribution in [0.5, 0.6) is 0 Å². The lowest BCUT2D eigenvalue weighted by Crippen LogP contribution is -2.48. The molecular weight excluding hydrogens is 424 g/mol. The minimum absolute atomic E-state index is 0.0158. The monoisotopic (exact) mass is 474 g/mol. The Morgan fingerprint density at radius 3 is 2.41 bits per heavy atom. The molecule has 0 heterocycles. The van der Waals surface area contributed by atoms with Gasteiger partial charge in [-0.2, -0.15) is 0 Å². The van der Waals surface area contributed by atoms with Gasteiger partial charge in [0.15, 0.2) is 0 Å². The Hall–Kier alpha value is -0.710. The summed E-state index contributed by atoms with van der Waals surface area (Å²) in [6, 6.07) is 0. The largest absolute Gasteiger partial charge is 0.396 e. The number of fused-ring (bicyclic) bond motifs is 1. The molecule has 34 heavy (non-hydrogen) atoms. The van der Waals surface area contributed by atoms with Crippen molar-refractivity contribution in [1.82, 2.24) is 0 Å². The van der Waals surface area contributed by atoms with E-state index >= 15 is 0 Å². The Kier molecular flexibility index (Phi) is 6.74. The van der Waals surface area contributed by atoms with Gasteiger partial charge in [-0.3, -0.25) is 4.79 Å². The number of carbonyl (C=O) groups is 1. The van der Waals surface area contributed by atoms with Crippen LogP contribution in [0.4, 0.5) is 0 Å². The van der Waals surface area contributed by atoms with E-state index in [-0.39, 0.29) is 41.3 Å². The summed E-state index contributed by atoms with van der Waals surface area (Å²) in [5, 5.41) is 31.6. The van der Waals surface area contributed by atoms with Crippen molar-refractivity contribution in [2.75, 3.05) is 6.61 Å². The molecule has 194 valence electrons. The van der Waals surface area contributed by atoms with Crippen molar-refractivity contribution in [1.29, 1.82) is 0 Å². The topological polar surface area (TPSA) is 77.8 Å². The van der Waals surface area contributed by atoms with Crippen LogP contribution < -0.4 is 0 Å². The molecule has 0 radical (unpaired) electrons. The summed E-state index contributed by atoms with van der Waals surface area (Å²) in [5.41, 5.74) is -0.0796. The average molecular weight is 475 g/mol. The first-order valence-electron chi connectivity index (χ1n) is 14.0. The van der Waals surface area contributed by atoms with E-state index in [1.165, 1.54) is 0 Å². The maximum absolute atomic E-state index is 14.0. The summed E-state index contributed by atoms with van der Waals surface area (Å²) in [6.07, 6.45) is 8.82. The van der Waals surface area contributed by atoms with Gasteiger partial charge >= 0.3 is 0 Å². The number of rotatable bonds is 7. The molecule has 4 unspecified atom stereocenters. The van der Waals surface area contributed by atoms with E-state index in [4.69, 9.17) is 0 Å². The van der Waals surface area contributed by atoms with Crippen LogP contribution in [0, 0.1) is 51.8 Å². The van der Waals surface area contributed by atoms with Crippen molar-refractivity contribution in [3.63, 3.8) is 0 Å². The highest BCUT2D eigenvalue weighted by molar-refractivity contribution is 5.91. The molecule has 0 amide bonds. The maximum Gasteiger partial charge on any atom is 0.146 e. The van der Waals surface area contributed by atoms with E-state index in [1.807, 2.05) is 6.92 Å². The van der Waals surface area contributed by atoms with Crippen molar-refractivity contribution in [2.45, 2.75) is 112 Å². The lowest BCUT2D eigenvalue weighted by molar-refractivity contribution is -0.136. The van der Waals surface area contributed by atoms with Crippen molar-refractivity contribution >= 4 is 5.78 Å². The molecule has 0 aromatic carbocycles. The summed E-state index contributed by atoms with van der Waals surface area (Å²) in [5.74, 6) is 2.31. The van der Waals surface area contributed by atoms with Crippen LogP contribution in [0.15, 0.2) is 11.6 Å². The van der Waals surface area contributed by atoms with Crippen LogP contribution in [-0.4, -0.2) is 39.4 Å². The van der Waals surface area contributed by atoms with Crippen LogP contribution in [0.2, 0.25) is 0 Å².